The Morgan fingerprint density at radius 3 is 1.97 bits per heavy atom. The number of rotatable bonds is 8. The Hall–Kier alpha value is -3.02. The molecule has 1 aliphatic rings. The van der Waals surface area contributed by atoms with E-state index in [9.17, 15) is 21.6 Å². The molecule has 39 heavy (non-hydrogen) atoms. The predicted molar refractivity (Wildman–Crippen MR) is 156 cm³/mol. The van der Waals surface area contributed by atoms with Crippen molar-refractivity contribution in [2.45, 2.75) is 48.3 Å². The van der Waals surface area contributed by atoms with Gasteiger partial charge in [0, 0.05) is 29.4 Å². The summed E-state index contributed by atoms with van der Waals surface area (Å²) < 4.78 is 57.1. The number of carbonyl (C=O) groups excluding carboxylic acids is 1. The van der Waals surface area contributed by atoms with Crippen molar-refractivity contribution in [3.63, 3.8) is 0 Å². The molecule has 0 aromatic heterocycles. The van der Waals surface area contributed by atoms with E-state index in [1.54, 1.807) is 23.1 Å². The van der Waals surface area contributed by atoms with Gasteiger partial charge in [0.2, 0.25) is 0 Å². The number of sulfonamides is 2. The predicted octanol–water partition coefficient (Wildman–Crippen LogP) is 5.50. The molecule has 0 bridgehead atoms. The fourth-order valence-electron chi connectivity index (χ4n) is 4.34. The minimum Gasteiger partial charge on any atom is -0.339 e. The molecule has 3 aromatic carbocycles. The Balaban J connectivity index is 1.52. The van der Waals surface area contributed by atoms with Gasteiger partial charge in [-0.15, -0.1) is 11.8 Å². The molecule has 8 nitrogen and oxygen atoms in total. The Labute approximate surface area is 235 Å². The van der Waals surface area contributed by atoms with Gasteiger partial charge in [-0.25, -0.2) is 16.8 Å². The molecule has 3 aromatic rings. The van der Waals surface area contributed by atoms with Gasteiger partial charge in [-0.05, 0) is 105 Å². The molecule has 0 saturated carbocycles. The molecule has 1 fully saturated rings. The van der Waals surface area contributed by atoms with Gasteiger partial charge >= 0.3 is 0 Å². The largest absolute Gasteiger partial charge is 0.339 e. The lowest BCUT2D eigenvalue weighted by molar-refractivity contribution is 0.0693. The second-order valence-electron chi connectivity index (χ2n) is 9.87. The zero-order valence-electron chi connectivity index (χ0n) is 22.4. The summed E-state index contributed by atoms with van der Waals surface area (Å²) in [6.45, 7) is 7.30. The van der Waals surface area contributed by atoms with Gasteiger partial charge in [0.05, 0.1) is 15.4 Å². The number of hydrogen-bond donors (Lipinski definition) is 2. The number of piperidine rings is 1. The summed E-state index contributed by atoms with van der Waals surface area (Å²) in [6, 6.07) is 15.3. The first-order valence-corrected chi connectivity index (χ1v) is 16.8. The molecule has 0 atom stereocenters. The van der Waals surface area contributed by atoms with Crippen molar-refractivity contribution in [1.29, 1.82) is 0 Å². The van der Waals surface area contributed by atoms with Crippen LogP contribution in [0.25, 0.3) is 0 Å². The molecule has 1 aliphatic heterocycles. The van der Waals surface area contributed by atoms with Crippen LogP contribution in [0.15, 0.2) is 75.4 Å². The first-order valence-electron chi connectivity index (χ1n) is 12.6. The average Bonchev–Trinajstić information content (AvgIpc) is 2.90. The number of carbonyl (C=O) groups is 1. The Kier molecular flexibility index (Phi) is 8.63. The van der Waals surface area contributed by atoms with Gasteiger partial charge in [-0.3, -0.25) is 14.2 Å². The topological polar surface area (TPSA) is 113 Å². The minimum atomic E-state index is -4.03. The molecule has 1 heterocycles. The van der Waals surface area contributed by atoms with E-state index < -0.39 is 20.0 Å². The van der Waals surface area contributed by atoms with Gasteiger partial charge in [0.15, 0.2) is 0 Å². The van der Waals surface area contributed by atoms with Gasteiger partial charge in [-0.2, -0.15) is 0 Å². The molecule has 1 saturated heterocycles. The van der Waals surface area contributed by atoms with Crippen LogP contribution in [-0.2, 0) is 20.0 Å². The fraction of sp³-hybridized carbons (Fsp3) is 0.321. The van der Waals surface area contributed by atoms with E-state index in [2.05, 4.69) is 16.4 Å². The number of benzene rings is 3. The number of nitrogens with zero attached hydrogens (tertiary/aromatic N) is 1. The van der Waals surface area contributed by atoms with Gasteiger partial charge < -0.3 is 4.90 Å². The third kappa shape index (κ3) is 6.77. The maximum Gasteiger partial charge on any atom is 0.261 e. The summed E-state index contributed by atoms with van der Waals surface area (Å²) in [5, 5.41) is 0. The van der Waals surface area contributed by atoms with Crippen molar-refractivity contribution in [3.8, 4) is 0 Å². The summed E-state index contributed by atoms with van der Waals surface area (Å²) in [6.07, 6.45) is 3.69. The second kappa shape index (κ2) is 11.6. The lowest BCUT2D eigenvalue weighted by atomic mass is 9.98. The van der Waals surface area contributed by atoms with E-state index in [4.69, 9.17) is 0 Å². The van der Waals surface area contributed by atoms with Crippen molar-refractivity contribution in [2.24, 2.45) is 5.92 Å². The van der Waals surface area contributed by atoms with Gasteiger partial charge in [0.1, 0.15) is 0 Å². The van der Waals surface area contributed by atoms with E-state index in [0.29, 0.717) is 35.2 Å². The van der Waals surface area contributed by atoms with E-state index >= 15 is 0 Å². The number of thioether (sulfide) groups is 1. The maximum atomic E-state index is 13.3. The van der Waals surface area contributed by atoms with Crippen LogP contribution in [0.2, 0.25) is 0 Å². The number of nitrogens with one attached hydrogen (secondary N) is 2. The van der Waals surface area contributed by atoms with Crippen LogP contribution in [-0.4, -0.2) is 47.0 Å². The number of aryl methyl sites for hydroxylation is 2. The summed E-state index contributed by atoms with van der Waals surface area (Å²) in [5.74, 6) is 0.392. The molecule has 0 unspecified atom stereocenters. The monoisotopic (exact) mass is 587 g/mol. The van der Waals surface area contributed by atoms with Crippen LogP contribution in [0, 0.1) is 19.8 Å². The van der Waals surface area contributed by atoms with Crippen molar-refractivity contribution in [2.75, 3.05) is 28.8 Å². The van der Waals surface area contributed by atoms with Crippen molar-refractivity contribution < 1.29 is 21.6 Å². The van der Waals surface area contributed by atoms with Crippen LogP contribution < -0.4 is 9.44 Å². The van der Waals surface area contributed by atoms with Crippen LogP contribution >= 0.6 is 11.8 Å². The average molecular weight is 588 g/mol. The number of anilines is 2. The molecule has 11 heteroatoms. The van der Waals surface area contributed by atoms with Crippen molar-refractivity contribution >= 4 is 49.1 Å². The Bertz CT molecular complexity index is 1580. The van der Waals surface area contributed by atoms with E-state index in [1.807, 2.05) is 26.2 Å². The quantitative estimate of drug-likeness (QED) is 0.337. The van der Waals surface area contributed by atoms with Gasteiger partial charge in [0.25, 0.3) is 26.0 Å². The zero-order chi connectivity index (χ0) is 28.4. The second-order valence-corrected chi connectivity index (χ2v) is 14.1. The first-order chi connectivity index (χ1) is 18.4. The van der Waals surface area contributed by atoms with Crippen molar-refractivity contribution in [1.82, 2.24) is 4.90 Å². The number of amides is 1. The third-order valence-corrected chi connectivity index (χ3v) is 10.5. The molecular weight excluding hydrogens is 555 g/mol. The lowest BCUT2D eigenvalue weighted by Crippen LogP contribution is -2.38. The summed E-state index contributed by atoms with van der Waals surface area (Å²) in [4.78, 5) is 15.7. The molecule has 0 spiro atoms. The number of likely N-dealkylation sites (tertiary alicyclic amines) is 1. The highest BCUT2D eigenvalue weighted by atomic mass is 32.2. The summed E-state index contributed by atoms with van der Waals surface area (Å²) in [5.41, 5.74) is 3.02. The molecule has 0 radical (unpaired) electrons. The normalized spacial score (nSPS) is 14.7. The van der Waals surface area contributed by atoms with Crippen LogP contribution in [0.1, 0.15) is 41.3 Å². The van der Waals surface area contributed by atoms with Crippen molar-refractivity contribution in [3.05, 3.63) is 77.4 Å². The van der Waals surface area contributed by atoms with E-state index in [0.717, 1.165) is 24.0 Å². The molecule has 1 amide bonds. The van der Waals surface area contributed by atoms with Crippen LogP contribution in [0.4, 0.5) is 11.4 Å². The Morgan fingerprint density at radius 1 is 0.795 bits per heavy atom. The first kappa shape index (κ1) is 29.0. The SMILES string of the molecule is CSc1ccc(S(=O)(=O)Nc2ccc(S(=O)(=O)Nc3ccc(C)c(C)c3)cc2)cc1C(=O)N1CCC(C)CC1. The van der Waals surface area contributed by atoms with E-state index in [1.165, 1.54) is 48.2 Å². The molecule has 4 rings (SSSR count). The summed E-state index contributed by atoms with van der Waals surface area (Å²) in [7, 11) is -7.90. The Morgan fingerprint density at radius 2 is 1.36 bits per heavy atom. The fourth-order valence-corrected chi connectivity index (χ4v) is 7.04. The molecular formula is C28H33N3O5S3. The maximum absolute atomic E-state index is 13.3. The highest BCUT2D eigenvalue weighted by Crippen LogP contribution is 2.28. The van der Waals surface area contributed by atoms with E-state index in [-0.39, 0.29) is 21.4 Å². The minimum absolute atomic E-state index is 0.00303. The van der Waals surface area contributed by atoms with Crippen LogP contribution in [0.5, 0.6) is 0 Å². The third-order valence-electron chi connectivity index (χ3n) is 6.96. The standard InChI is InChI=1S/C28H33N3O5S3/c1-19-13-15-31(16-14-19)28(32)26-18-25(11-12-27(26)37-4)39(35,36)29-22-7-9-24(10-8-22)38(33,34)30-23-6-5-20(2)21(3)17-23/h5-12,17-19,29-30H,13-16H2,1-4H3. The molecule has 208 valence electrons. The molecule has 2 N–H and O–H groups in total. The molecule has 0 aliphatic carbocycles. The highest BCUT2D eigenvalue weighted by Gasteiger charge is 2.25. The van der Waals surface area contributed by atoms with Crippen LogP contribution in [0.3, 0.4) is 0 Å². The van der Waals surface area contributed by atoms with Gasteiger partial charge in [-0.1, -0.05) is 13.0 Å². The zero-order valence-corrected chi connectivity index (χ0v) is 24.8. The number of hydrogen-bond acceptors (Lipinski definition) is 6. The summed E-state index contributed by atoms with van der Waals surface area (Å²) >= 11 is 1.39. The lowest BCUT2D eigenvalue weighted by Gasteiger charge is -2.30. The highest BCUT2D eigenvalue weighted by molar-refractivity contribution is 7.98. The smallest absolute Gasteiger partial charge is 0.261 e.